The standard InChI is InChI=1S/C19H22FNO2/c1-13-2-4-14(5-3-13)11-21-12-17(22)19-8-6-15-10-16(20)7-9-18(15)23-19/h2-5,7,9-10,17,19,21-22H,6,8,11-12H2,1H3. The highest BCUT2D eigenvalue weighted by atomic mass is 19.1. The molecule has 3 nitrogen and oxygen atoms in total. The predicted molar refractivity (Wildman–Crippen MR) is 88.0 cm³/mol. The van der Waals surface area contributed by atoms with Crippen LogP contribution in [-0.4, -0.2) is 23.9 Å². The second-order valence-corrected chi connectivity index (χ2v) is 6.13. The summed E-state index contributed by atoms with van der Waals surface area (Å²) in [6.45, 7) is 3.24. The predicted octanol–water partition coefficient (Wildman–Crippen LogP) is 2.98. The Balaban J connectivity index is 1.50. The minimum absolute atomic E-state index is 0.244. The van der Waals surface area contributed by atoms with Crippen LogP contribution in [0.1, 0.15) is 23.1 Å². The van der Waals surface area contributed by atoms with Gasteiger partial charge in [-0.3, -0.25) is 0 Å². The van der Waals surface area contributed by atoms with E-state index >= 15 is 0 Å². The topological polar surface area (TPSA) is 41.5 Å². The molecule has 0 fully saturated rings. The fourth-order valence-corrected chi connectivity index (χ4v) is 2.85. The van der Waals surface area contributed by atoms with Gasteiger partial charge in [-0.1, -0.05) is 29.8 Å². The Bertz CT molecular complexity index is 657. The van der Waals surface area contributed by atoms with Crippen LogP contribution in [0.25, 0.3) is 0 Å². The summed E-state index contributed by atoms with van der Waals surface area (Å²) in [5, 5.41) is 13.6. The van der Waals surface area contributed by atoms with Crippen molar-refractivity contribution >= 4 is 0 Å². The molecular formula is C19H22FNO2. The maximum atomic E-state index is 13.2. The molecular weight excluding hydrogens is 293 g/mol. The summed E-state index contributed by atoms with van der Waals surface area (Å²) in [5.74, 6) is 0.436. The molecule has 2 atom stereocenters. The largest absolute Gasteiger partial charge is 0.487 e. The molecule has 0 saturated carbocycles. The third kappa shape index (κ3) is 4.09. The Labute approximate surface area is 136 Å². The van der Waals surface area contributed by atoms with Crippen LogP contribution in [0.15, 0.2) is 42.5 Å². The van der Waals surface area contributed by atoms with Crippen molar-refractivity contribution in [3.8, 4) is 5.75 Å². The Kier molecular flexibility index (Phi) is 4.94. The Morgan fingerprint density at radius 3 is 2.83 bits per heavy atom. The number of benzene rings is 2. The Morgan fingerprint density at radius 2 is 2.04 bits per heavy atom. The molecule has 0 spiro atoms. The normalized spacial score (nSPS) is 18.1. The second kappa shape index (κ2) is 7.11. The van der Waals surface area contributed by atoms with E-state index in [2.05, 4.69) is 36.5 Å². The number of aryl methyl sites for hydroxylation is 2. The molecule has 1 aliphatic heterocycles. The van der Waals surface area contributed by atoms with Crippen LogP contribution in [0.2, 0.25) is 0 Å². The molecule has 1 heterocycles. The van der Waals surface area contributed by atoms with Gasteiger partial charge in [0.15, 0.2) is 0 Å². The van der Waals surface area contributed by atoms with Crippen LogP contribution in [-0.2, 0) is 13.0 Å². The summed E-state index contributed by atoms with van der Waals surface area (Å²) in [5.41, 5.74) is 3.30. The summed E-state index contributed by atoms with van der Waals surface area (Å²) in [6.07, 6.45) is 0.591. The SMILES string of the molecule is Cc1ccc(CNCC(O)C2CCc3cc(F)ccc3O2)cc1. The van der Waals surface area contributed by atoms with E-state index in [1.165, 1.54) is 23.3 Å². The molecule has 0 aliphatic carbocycles. The van der Waals surface area contributed by atoms with Crippen molar-refractivity contribution < 1.29 is 14.2 Å². The van der Waals surface area contributed by atoms with Gasteiger partial charge in [0.05, 0.1) is 0 Å². The molecule has 3 rings (SSSR count). The van der Waals surface area contributed by atoms with Crippen molar-refractivity contribution in [1.29, 1.82) is 0 Å². The van der Waals surface area contributed by atoms with Crippen molar-refractivity contribution in [1.82, 2.24) is 5.32 Å². The van der Waals surface area contributed by atoms with Gasteiger partial charge in [0, 0.05) is 13.1 Å². The first-order valence-electron chi connectivity index (χ1n) is 8.01. The average molecular weight is 315 g/mol. The molecule has 2 unspecified atom stereocenters. The summed E-state index contributed by atoms with van der Waals surface area (Å²) in [4.78, 5) is 0. The van der Waals surface area contributed by atoms with Gasteiger partial charge in [-0.25, -0.2) is 4.39 Å². The van der Waals surface area contributed by atoms with Crippen LogP contribution >= 0.6 is 0 Å². The lowest BCUT2D eigenvalue weighted by molar-refractivity contribution is 0.0243. The number of hydrogen-bond acceptors (Lipinski definition) is 3. The highest BCUT2D eigenvalue weighted by Gasteiger charge is 2.26. The number of hydrogen-bond donors (Lipinski definition) is 2. The fraction of sp³-hybridized carbons (Fsp3) is 0.368. The Hall–Kier alpha value is -1.91. The Morgan fingerprint density at radius 1 is 1.26 bits per heavy atom. The van der Waals surface area contributed by atoms with Gasteiger partial charge in [0.2, 0.25) is 0 Å². The third-order valence-electron chi connectivity index (χ3n) is 4.23. The number of ether oxygens (including phenoxy) is 1. The van der Waals surface area contributed by atoms with Gasteiger partial charge in [0.1, 0.15) is 23.8 Å². The molecule has 2 aromatic carbocycles. The number of rotatable bonds is 5. The van der Waals surface area contributed by atoms with Crippen molar-refractivity contribution in [2.75, 3.05) is 6.54 Å². The zero-order chi connectivity index (χ0) is 16.2. The van der Waals surface area contributed by atoms with E-state index in [0.29, 0.717) is 25.3 Å². The molecule has 0 amide bonds. The van der Waals surface area contributed by atoms with Crippen LogP contribution in [0.5, 0.6) is 5.75 Å². The minimum Gasteiger partial charge on any atom is -0.487 e. The van der Waals surface area contributed by atoms with Gasteiger partial charge in [0.25, 0.3) is 0 Å². The number of aliphatic hydroxyl groups excluding tert-OH is 1. The maximum absolute atomic E-state index is 13.2. The lowest BCUT2D eigenvalue weighted by atomic mass is 9.99. The second-order valence-electron chi connectivity index (χ2n) is 6.13. The zero-order valence-electron chi connectivity index (χ0n) is 13.3. The lowest BCUT2D eigenvalue weighted by Crippen LogP contribution is -2.41. The van der Waals surface area contributed by atoms with Crippen molar-refractivity contribution in [3.05, 3.63) is 65.0 Å². The van der Waals surface area contributed by atoms with E-state index in [1.54, 1.807) is 6.07 Å². The van der Waals surface area contributed by atoms with Crippen molar-refractivity contribution in [2.45, 2.75) is 38.5 Å². The summed E-state index contributed by atoms with van der Waals surface area (Å²) >= 11 is 0. The quantitative estimate of drug-likeness (QED) is 0.891. The van der Waals surface area contributed by atoms with Crippen LogP contribution in [0.4, 0.5) is 4.39 Å². The number of halogens is 1. The number of nitrogens with one attached hydrogen (secondary N) is 1. The highest BCUT2D eigenvalue weighted by Crippen LogP contribution is 2.29. The first-order chi connectivity index (χ1) is 11.1. The summed E-state index contributed by atoms with van der Waals surface area (Å²) in [7, 11) is 0. The first kappa shape index (κ1) is 16.0. The smallest absolute Gasteiger partial charge is 0.126 e. The van der Waals surface area contributed by atoms with Crippen LogP contribution in [0, 0.1) is 12.7 Å². The van der Waals surface area contributed by atoms with Gasteiger partial charge in [-0.2, -0.15) is 0 Å². The zero-order valence-corrected chi connectivity index (χ0v) is 13.3. The van der Waals surface area contributed by atoms with Crippen LogP contribution in [0.3, 0.4) is 0 Å². The molecule has 2 aromatic rings. The van der Waals surface area contributed by atoms with E-state index in [4.69, 9.17) is 4.74 Å². The fourth-order valence-electron chi connectivity index (χ4n) is 2.85. The summed E-state index contributed by atoms with van der Waals surface area (Å²) in [6, 6.07) is 12.9. The van der Waals surface area contributed by atoms with Gasteiger partial charge in [-0.15, -0.1) is 0 Å². The van der Waals surface area contributed by atoms with E-state index in [-0.39, 0.29) is 11.9 Å². The van der Waals surface area contributed by atoms with Gasteiger partial charge in [-0.05, 0) is 49.1 Å². The molecule has 0 aromatic heterocycles. The molecule has 4 heteroatoms. The van der Waals surface area contributed by atoms with E-state index in [0.717, 1.165) is 12.0 Å². The molecule has 0 radical (unpaired) electrons. The highest BCUT2D eigenvalue weighted by molar-refractivity contribution is 5.36. The average Bonchev–Trinajstić information content (AvgIpc) is 2.56. The van der Waals surface area contributed by atoms with Crippen molar-refractivity contribution in [3.63, 3.8) is 0 Å². The molecule has 0 saturated heterocycles. The van der Waals surface area contributed by atoms with Gasteiger partial charge >= 0.3 is 0 Å². The molecule has 0 bridgehead atoms. The lowest BCUT2D eigenvalue weighted by Gasteiger charge is -2.29. The first-order valence-corrected chi connectivity index (χ1v) is 8.01. The maximum Gasteiger partial charge on any atom is 0.126 e. The third-order valence-corrected chi connectivity index (χ3v) is 4.23. The molecule has 122 valence electrons. The molecule has 1 aliphatic rings. The van der Waals surface area contributed by atoms with E-state index in [1.807, 2.05) is 0 Å². The van der Waals surface area contributed by atoms with Gasteiger partial charge < -0.3 is 15.2 Å². The minimum atomic E-state index is -0.585. The van der Waals surface area contributed by atoms with Crippen LogP contribution < -0.4 is 10.1 Å². The summed E-state index contributed by atoms with van der Waals surface area (Å²) < 4.78 is 19.0. The molecule has 2 N–H and O–H groups in total. The number of fused-ring (bicyclic) bond motifs is 1. The van der Waals surface area contributed by atoms with E-state index in [9.17, 15) is 9.50 Å². The van der Waals surface area contributed by atoms with E-state index < -0.39 is 6.10 Å². The molecule has 23 heavy (non-hydrogen) atoms. The van der Waals surface area contributed by atoms with Crippen molar-refractivity contribution in [2.24, 2.45) is 0 Å². The monoisotopic (exact) mass is 315 g/mol. The number of aliphatic hydroxyl groups is 1.